The van der Waals surface area contributed by atoms with E-state index in [2.05, 4.69) is 18.3 Å². The van der Waals surface area contributed by atoms with E-state index in [9.17, 15) is 0 Å². The number of aliphatic hydroxyl groups excluding tert-OH is 1. The van der Waals surface area contributed by atoms with Crippen LogP contribution in [0, 0.1) is 0 Å². The van der Waals surface area contributed by atoms with Crippen LogP contribution in [0.3, 0.4) is 0 Å². The lowest BCUT2D eigenvalue weighted by atomic mass is 10.3. The Morgan fingerprint density at radius 2 is 2.38 bits per heavy atom. The topological polar surface area (TPSA) is 32.6 Å². The predicted molar refractivity (Wildman–Crippen MR) is 34.9 cm³/mol. The summed E-state index contributed by atoms with van der Waals surface area (Å²) in [6.45, 7) is 6.62. The van der Waals surface area contributed by atoms with E-state index < -0.39 is 0 Å². The molecule has 0 aromatic heterocycles. The van der Waals surface area contributed by atoms with Crippen molar-refractivity contribution in [2.75, 3.05) is 6.61 Å². The first-order valence-corrected chi connectivity index (χ1v) is 2.23. The highest BCUT2D eigenvalue weighted by Gasteiger charge is 1.81. The molecular formula is C6H9NO. The van der Waals surface area contributed by atoms with Gasteiger partial charge in [0.15, 0.2) is 0 Å². The summed E-state index contributed by atoms with van der Waals surface area (Å²) in [5, 5.41) is 8.43. The Kier molecular flexibility index (Phi) is 3.80. The van der Waals surface area contributed by atoms with Crippen LogP contribution in [0.25, 0.3) is 0 Å². The van der Waals surface area contributed by atoms with E-state index in [0.717, 1.165) is 0 Å². The molecule has 0 radical (unpaired) electrons. The van der Waals surface area contributed by atoms with Crippen LogP contribution in [0.1, 0.15) is 0 Å². The number of rotatable bonds is 3. The number of aliphatic imine (C=N–C) groups is 1. The fourth-order valence-electron chi connectivity index (χ4n) is 0.275. The van der Waals surface area contributed by atoms with Crippen LogP contribution in [0.2, 0.25) is 0 Å². The van der Waals surface area contributed by atoms with Gasteiger partial charge in [-0.15, -0.1) is 0 Å². The predicted octanol–water partition coefficient (Wildman–Crippen LogP) is 0.749. The van der Waals surface area contributed by atoms with E-state index >= 15 is 0 Å². The van der Waals surface area contributed by atoms with Gasteiger partial charge in [0.2, 0.25) is 0 Å². The second-order valence-electron chi connectivity index (χ2n) is 1.25. The number of nitrogens with zero attached hydrogens (tertiary/aromatic N) is 1. The van der Waals surface area contributed by atoms with Crippen LogP contribution in [0.4, 0.5) is 0 Å². The van der Waals surface area contributed by atoms with E-state index in [1.807, 2.05) is 0 Å². The van der Waals surface area contributed by atoms with Gasteiger partial charge in [-0.25, -0.2) is 0 Å². The SMILES string of the molecule is C=C/C(=C\N=C)CO. The Bertz CT molecular complexity index is 116. The maximum Gasteiger partial charge on any atom is 0.0696 e. The largest absolute Gasteiger partial charge is 0.392 e. The van der Waals surface area contributed by atoms with Crippen molar-refractivity contribution in [3.8, 4) is 0 Å². The first-order valence-electron chi connectivity index (χ1n) is 2.23. The molecule has 0 aliphatic heterocycles. The highest BCUT2D eigenvalue weighted by molar-refractivity contribution is 5.28. The van der Waals surface area contributed by atoms with Gasteiger partial charge in [-0.2, -0.15) is 0 Å². The van der Waals surface area contributed by atoms with Gasteiger partial charge in [-0.3, -0.25) is 4.99 Å². The fourth-order valence-corrected chi connectivity index (χ4v) is 0.275. The zero-order valence-electron chi connectivity index (χ0n) is 4.67. The van der Waals surface area contributed by atoms with E-state index in [1.54, 1.807) is 0 Å². The lowest BCUT2D eigenvalue weighted by Gasteiger charge is -1.87. The molecule has 0 saturated carbocycles. The standard InChI is InChI=1S/C6H9NO/c1-3-6(5-8)4-7-2/h3-4,8H,1-2,5H2/b6-4+. The molecule has 0 fully saturated rings. The molecule has 0 bridgehead atoms. The highest BCUT2D eigenvalue weighted by atomic mass is 16.3. The molecule has 0 atom stereocenters. The van der Waals surface area contributed by atoms with E-state index in [-0.39, 0.29) is 6.61 Å². The zero-order chi connectivity index (χ0) is 6.41. The Morgan fingerprint density at radius 1 is 1.75 bits per heavy atom. The van der Waals surface area contributed by atoms with Gasteiger partial charge in [-0.1, -0.05) is 12.7 Å². The van der Waals surface area contributed by atoms with Crippen molar-refractivity contribution >= 4 is 6.72 Å². The Balaban J connectivity index is 3.84. The van der Waals surface area contributed by atoms with Crippen LogP contribution in [-0.4, -0.2) is 18.4 Å². The second kappa shape index (κ2) is 4.27. The van der Waals surface area contributed by atoms with Gasteiger partial charge >= 0.3 is 0 Å². The fraction of sp³-hybridized carbons (Fsp3) is 0.167. The van der Waals surface area contributed by atoms with E-state index in [0.29, 0.717) is 5.57 Å². The van der Waals surface area contributed by atoms with Crippen LogP contribution >= 0.6 is 0 Å². The van der Waals surface area contributed by atoms with Gasteiger partial charge in [0, 0.05) is 6.20 Å². The van der Waals surface area contributed by atoms with Crippen LogP contribution in [0.5, 0.6) is 0 Å². The molecule has 0 aromatic rings. The summed E-state index contributed by atoms with van der Waals surface area (Å²) in [7, 11) is 0. The lowest BCUT2D eigenvalue weighted by Crippen LogP contribution is -1.82. The van der Waals surface area contributed by atoms with Crippen molar-refractivity contribution in [3.63, 3.8) is 0 Å². The average molecular weight is 111 g/mol. The van der Waals surface area contributed by atoms with Gasteiger partial charge < -0.3 is 5.11 Å². The first kappa shape index (κ1) is 7.11. The molecule has 2 heteroatoms. The summed E-state index contributed by atoms with van der Waals surface area (Å²) < 4.78 is 0. The molecule has 0 spiro atoms. The normalized spacial score (nSPS) is 10.9. The minimum absolute atomic E-state index is 0.0253. The molecule has 0 unspecified atom stereocenters. The minimum Gasteiger partial charge on any atom is -0.392 e. The zero-order valence-corrected chi connectivity index (χ0v) is 4.67. The molecule has 8 heavy (non-hydrogen) atoms. The van der Waals surface area contributed by atoms with Crippen molar-refractivity contribution in [2.24, 2.45) is 4.99 Å². The monoisotopic (exact) mass is 111 g/mol. The molecule has 0 aliphatic rings. The maximum atomic E-state index is 8.43. The molecule has 1 N–H and O–H groups in total. The molecule has 2 nitrogen and oxygen atoms in total. The summed E-state index contributed by atoms with van der Waals surface area (Å²) in [6, 6.07) is 0. The minimum atomic E-state index is -0.0253. The van der Waals surface area contributed by atoms with Crippen molar-refractivity contribution in [1.29, 1.82) is 0 Å². The van der Waals surface area contributed by atoms with Crippen molar-refractivity contribution in [1.82, 2.24) is 0 Å². The third kappa shape index (κ3) is 2.31. The Hall–Kier alpha value is -0.890. The van der Waals surface area contributed by atoms with Crippen LogP contribution in [-0.2, 0) is 0 Å². The summed E-state index contributed by atoms with van der Waals surface area (Å²) >= 11 is 0. The summed E-state index contributed by atoms with van der Waals surface area (Å²) in [6.07, 6.45) is 3.00. The molecule has 0 saturated heterocycles. The van der Waals surface area contributed by atoms with Gasteiger partial charge in [0.05, 0.1) is 6.61 Å². The second-order valence-corrected chi connectivity index (χ2v) is 1.25. The number of aliphatic hydroxyl groups is 1. The van der Waals surface area contributed by atoms with Crippen LogP contribution in [0.15, 0.2) is 29.4 Å². The molecule has 0 amide bonds. The first-order chi connectivity index (χ1) is 3.85. The van der Waals surface area contributed by atoms with Crippen molar-refractivity contribution in [3.05, 3.63) is 24.4 Å². The average Bonchev–Trinajstić information content (AvgIpc) is 1.83. The molecule has 0 aliphatic carbocycles. The maximum absolute atomic E-state index is 8.43. The van der Waals surface area contributed by atoms with Crippen molar-refractivity contribution in [2.45, 2.75) is 0 Å². The van der Waals surface area contributed by atoms with E-state index in [4.69, 9.17) is 5.11 Å². The Labute approximate surface area is 48.9 Å². The number of hydrogen-bond donors (Lipinski definition) is 1. The van der Waals surface area contributed by atoms with E-state index in [1.165, 1.54) is 12.3 Å². The molecular weight excluding hydrogens is 102 g/mol. The molecule has 0 aromatic carbocycles. The molecule has 44 valence electrons. The lowest BCUT2D eigenvalue weighted by molar-refractivity contribution is 0.335. The summed E-state index contributed by atoms with van der Waals surface area (Å²) in [5.74, 6) is 0. The number of hydrogen-bond acceptors (Lipinski definition) is 2. The summed E-state index contributed by atoms with van der Waals surface area (Å²) in [4.78, 5) is 3.43. The van der Waals surface area contributed by atoms with Gasteiger partial charge in [-0.05, 0) is 12.3 Å². The molecule has 0 rings (SSSR count). The van der Waals surface area contributed by atoms with Crippen LogP contribution < -0.4 is 0 Å². The Morgan fingerprint density at radius 3 is 2.50 bits per heavy atom. The molecule has 0 heterocycles. The summed E-state index contributed by atoms with van der Waals surface area (Å²) in [5.41, 5.74) is 0.681. The van der Waals surface area contributed by atoms with Gasteiger partial charge in [0.1, 0.15) is 0 Å². The third-order valence-corrected chi connectivity index (χ3v) is 0.702. The quantitative estimate of drug-likeness (QED) is 0.423. The smallest absolute Gasteiger partial charge is 0.0696 e. The highest BCUT2D eigenvalue weighted by Crippen LogP contribution is 1.91. The third-order valence-electron chi connectivity index (χ3n) is 0.702. The van der Waals surface area contributed by atoms with Gasteiger partial charge in [0.25, 0.3) is 0 Å². The van der Waals surface area contributed by atoms with Crippen molar-refractivity contribution < 1.29 is 5.11 Å².